The predicted molar refractivity (Wildman–Crippen MR) is 80.6 cm³/mol. The van der Waals surface area contributed by atoms with Gasteiger partial charge in [-0.15, -0.1) is 0 Å². The molecule has 0 aromatic carbocycles. The first-order chi connectivity index (χ1) is 10.0. The van der Waals surface area contributed by atoms with Crippen LogP contribution < -0.4 is 17.2 Å². The number of aryl methyl sites for hydroxylation is 1. The van der Waals surface area contributed by atoms with E-state index in [0.29, 0.717) is 40.7 Å². The second kappa shape index (κ2) is 5.00. The molecular formula is C14H20N6O. The summed E-state index contributed by atoms with van der Waals surface area (Å²) >= 11 is 0. The highest BCUT2D eigenvalue weighted by molar-refractivity contribution is 6.08. The molecule has 1 aliphatic rings. The van der Waals surface area contributed by atoms with Crippen LogP contribution in [0, 0.1) is 12.8 Å². The Morgan fingerprint density at radius 3 is 2.81 bits per heavy atom. The number of nitrogens with two attached hydrogens (primary N) is 3. The Bertz CT molecular complexity index is 707. The van der Waals surface area contributed by atoms with E-state index in [4.69, 9.17) is 17.2 Å². The molecule has 2 unspecified atom stereocenters. The Labute approximate surface area is 122 Å². The normalized spacial score (nSPS) is 22.0. The summed E-state index contributed by atoms with van der Waals surface area (Å²) < 4.78 is 2.02. The minimum absolute atomic E-state index is 0.280. The molecule has 2 heterocycles. The van der Waals surface area contributed by atoms with Crippen LogP contribution in [0.15, 0.2) is 6.20 Å². The summed E-state index contributed by atoms with van der Waals surface area (Å²) in [5.74, 6) is 0.901. The summed E-state index contributed by atoms with van der Waals surface area (Å²) in [7, 11) is 0. The zero-order valence-corrected chi connectivity index (χ0v) is 12.0. The van der Waals surface area contributed by atoms with Crippen LogP contribution in [-0.4, -0.2) is 27.0 Å². The second-order valence-electron chi connectivity index (χ2n) is 5.74. The second-order valence-corrected chi connectivity index (χ2v) is 5.74. The lowest BCUT2D eigenvalue weighted by molar-refractivity contribution is 0.100. The summed E-state index contributed by atoms with van der Waals surface area (Å²) in [5, 5.41) is 0.560. The van der Waals surface area contributed by atoms with Gasteiger partial charge in [0.25, 0.3) is 5.91 Å². The van der Waals surface area contributed by atoms with Crippen molar-refractivity contribution in [1.82, 2.24) is 14.5 Å². The smallest absolute Gasteiger partial charge is 0.251 e. The molecule has 1 saturated carbocycles. The summed E-state index contributed by atoms with van der Waals surface area (Å²) in [6, 6.07) is 0.280. The molecule has 0 saturated heterocycles. The number of primary amides is 1. The molecule has 1 amide bonds. The van der Waals surface area contributed by atoms with Crippen LogP contribution in [0.2, 0.25) is 0 Å². The van der Waals surface area contributed by atoms with Gasteiger partial charge in [-0.3, -0.25) is 4.79 Å². The van der Waals surface area contributed by atoms with Crippen molar-refractivity contribution in [2.75, 3.05) is 12.3 Å². The largest absolute Gasteiger partial charge is 0.383 e. The van der Waals surface area contributed by atoms with Gasteiger partial charge < -0.3 is 21.8 Å². The minimum atomic E-state index is -0.508. The number of fused-ring (bicyclic) bond motifs is 1. The Morgan fingerprint density at radius 2 is 2.19 bits per heavy atom. The molecule has 2 aromatic rings. The summed E-state index contributed by atoms with van der Waals surface area (Å²) in [6.07, 6.45) is 4.86. The lowest BCUT2D eigenvalue weighted by Crippen LogP contribution is -2.12. The van der Waals surface area contributed by atoms with Gasteiger partial charge in [-0.05, 0) is 38.6 Å². The molecule has 2 atom stereocenters. The van der Waals surface area contributed by atoms with Crippen molar-refractivity contribution in [3.05, 3.63) is 17.6 Å². The summed E-state index contributed by atoms with van der Waals surface area (Å²) in [5.41, 5.74) is 18.3. The monoisotopic (exact) mass is 288 g/mol. The summed E-state index contributed by atoms with van der Waals surface area (Å²) in [6.45, 7) is 2.48. The van der Waals surface area contributed by atoms with E-state index in [0.717, 1.165) is 19.3 Å². The first kappa shape index (κ1) is 13.8. The third-order valence-electron chi connectivity index (χ3n) is 4.32. The van der Waals surface area contributed by atoms with Crippen molar-refractivity contribution in [3.63, 3.8) is 0 Å². The fraction of sp³-hybridized carbons (Fsp3) is 0.500. The average Bonchev–Trinajstić information content (AvgIpc) is 3.01. The molecule has 1 aliphatic carbocycles. The number of nitrogens with zero attached hydrogens (tertiary/aromatic N) is 3. The van der Waals surface area contributed by atoms with Crippen LogP contribution in [0.1, 0.15) is 41.5 Å². The summed E-state index contributed by atoms with van der Waals surface area (Å²) in [4.78, 5) is 20.3. The van der Waals surface area contributed by atoms with Gasteiger partial charge in [-0.25, -0.2) is 9.97 Å². The minimum Gasteiger partial charge on any atom is -0.383 e. The Morgan fingerprint density at radius 1 is 1.43 bits per heavy atom. The molecule has 0 bridgehead atoms. The SMILES string of the molecule is Cc1nc(N)c2c(C(N)=O)cn(C3CCC(CN)C3)c2n1. The third-order valence-corrected chi connectivity index (χ3v) is 4.32. The average molecular weight is 288 g/mol. The predicted octanol–water partition coefficient (Wildman–Crippen LogP) is 0.721. The first-order valence-corrected chi connectivity index (χ1v) is 7.15. The van der Waals surface area contributed by atoms with Gasteiger partial charge in [-0.1, -0.05) is 0 Å². The molecule has 0 aliphatic heterocycles. The lowest BCUT2D eigenvalue weighted by Gasteiger charge is -2.14. The van der Waals surface area contributed by atoms with Gasteiger partial charge >= 0.3 is 0 Å². The fourth-order valence-electron chi connectivity index (χ4n) is 3.27. The van der Waals surface area contributed by atoms with E-state index >= 15 is 0 Å². The van der Waals surface area contributed by atoms with E-state index in [1.165, 1.54) is 0 Å². The number of aromatic nitrogens is 3. The number of nitrogen functional groups attached to an aromatic ring is 1. The number of hydrogen-bond acceptors (Lipinski definition) is 5. The van der Waals surface area contributed by atoms with Crippen LogP contribution in [0.25, 0.3) is 11.0 Å². The zero-order chi connectivity index (χ0) is 15.1. The number of carbonyl (C=O) groups is 1. The van der Waals surface area contributed by atoms with Crippen molar-refractivity contribution in [3.8, 4) is 0 Å². The van der Waals surface area contributed by atoms with Gasteiger partial charge in [0.05, 0.1) is 10.9 Å². The van der Waals surface area contributed by atoms with Crippen LogP contribution in [0.3, 0.4) is 0 Å². The topological polar surface area (TPSA) is 126 Å². The molecule has 0 spiro atoms. The number of anilines is 1. The van der Waals surface area contributed by atoms with Crippen LogP contribution in [0.4, 0.5) is 5.82 Å². The number of hydrogen-bond donors (Lipinski definition) is 3. The van der Waals surface area contributed by atoms with E-state index in [-0.39, 0.29) is 6.04 Å². The van der Waals surface area contributed by atoms with Crippen molar-refractivity contribution in [1.29, 1.82) is 0 Å². The molecule has 2 aromatic heterocycles. The number of amides is 1. The van der Waals surface area contributed by atoms with E-state index in [1.807, 2.05) is 4.57 Å². The van der Waals surface area contributed by atoms with Crippen LogP contribution in [0.5, 0.6) is 0 Å². The first-order valence-electron chi connectivity index (χ1n) is 7.15. The van der Waals surface area contributed by atoms with Crippen LogP contribution in [-0.2, 0) is 0 Å². The number of carbonyl (C=O) groups excluding carboxylic acids is 1. The molecule has 1 fully saturated rings. The Kier molecular flexibility index (Phi) is 3.29. The quantitative estimate of drug-likeness (QED) is 0.767. The van der Waals surface area contributed by atoms with Gasteiger partial charge in [-0.2, -0.15) is 0 Å². The highest BCUT2D eigenvalue weighted by atomic mass is 16.1. The van der Waals surface area contributed by atoms with Crippen molar-refractivity contribution < 1.29 is 4.79 Å². The lowest BCUT2D eigenvalue weighted by atomic mass is 10.1. The molecule has 7 heteroatoms. The zero-order valence-electron chi connectivity index (χ0n) is 12.0. The molecule has 3 rings (SSSR count). The fourth-order valence-corrected chi connectivity index (χ4v) is 3.27. The molecular weight excluding hydrogens is 268 g/mol. The molecule has 6 N–H and O–H groups in total. The molecule has 7 nitrogen and oxygen atoms in total. The Balaban J connectivity index is 2.17. The van der Waals surface area contributed by atoms with Crippen molar-refractivity contribution >= 4 is 22.8 Å². The molecule has 0 radical (unpaired) electrons. The molecule has 112 valence electrons. The Hall–Kier alpha value is -2.15. The van der Waals surface area contributed by atoms with E-state index < -0.39 is 5.91 Å². The molecule has 21 heavy (non-hydrogen) atoms. The van der Waals surface area contributed by atoms with Gasteiger partial charge in [0.15, 0.2) is 0 Å². The maximum Gasteiger partial charge on any atom is 0.251 e. The van der Waals surface area contributed by atoms with Gasteiger partial charge in [0.1, 0.15) is 17.3 Å². The van der Waals surface area contributed by atoms with Crippen molar-refractivity contribution in [2.24, 2.45) is 17.4 Å². The van der Waals surface area contributed by atoms with Crippen molar-refractivity contribution in [2.45, 2.75) is 32.2 Å². The van der Waals surface area contributed by atoms with Gasteiger partial charge in [0, 0.05) is 12.2 Å². The van der Waals surface area contributed by atoms with E-state index in [9.17, 15) is 4.79 Å². The highest BCUT2D eigenvalue weighted by Gasteiger charge is 2.28. The van der Waals surface area contributed by atoms with Gasteiger partial charge in [0.2, 0.25) is 0 Å². The van der Waals surface area contributed by atoms with E-state index in [2.05, 4.69) is 9.97 Å². The third kappa shape index (κ3) is 2.23. The standard InChI is InChI=1S/C14H20N6O/c1-7-18-12(16)11-10(13(17)21)6-20(14(11)19-7)9-3-2-8(4-9)5-15/h6,8-9H,2-5,15H2,1H3,(H2,17,21)(H2,16,18,19). The maximum absolute atomic E-state index is 11.7. The maximum atomic E-state index is 11.7. The van der Waals surface area contributed by atoms with Crippen LogP contribution >= 0.6 is 0 Å². The number of rotatable bonds is 3. The highest BCUT2D eigenvalue weighted by Crippen LogP contribution is 2.37. The van der Waals surface area contributed by atoms with E-state index in [1.54, 1.807) is 13.1 Å².